The average Bonchev–Trinajstić information content (AvgIpc) is 2.40. The van der Waals surface area contributed by atoms with Crippen molar-refractivity contribution in [1.82, 2.24) is 10.2 Å². The highest BCUT2D eigenvalue weighted by Crippen LogP contribution is 2.27. The van der Waals surface area contributed by atoms with Crippen LogP contribution < -0.4 is 5.32 Å². The molecular formula is C11H22N2. The van der Waals surface area contributed by atoms with Crippen LogP contribution in [0.2, 0.25) is 0 Å². The summed E-state index contributed by atoms with van der Waals surface area (Å²) in [5.74, 6) is 0. The summed E-state index contributed by atoms with van der Waals surface area (Å²) < 4.78 is 0. The van der Waals surface area contributed by atoms with Crippen molar-refractivity contribution in [2.75, 3.05) is 32.7 Å². The molecule has 0 aromatic heterocycles. The topological polar surface area (TPSA) is 15.3 Å². The average molecular weight is 182 g/mol. The minimum atomic E-state index is 0.540. The first-order valence-electron chi connectivity index (χ1n) is 5.18. The normalized spacial score (nSPS) is 22.0. The summed E-state index contributed by atoms with van der Waals surface area (Å²) in [5.41, 5.74) is 0.540. The first kappa shape index (κ1) is 10.7. The van der Waals surface area contributed by atoms with Crippen molar-refractivity contribution in [3.63, 3.8) is 0 Å². The van der Waals surface area contributed by atoms with Gasteiger partial charge in [0.1, 0.15) is 0 Å². The van der Waals surface area contributed by atoms with E-state index in [0.717, 1.165) is 13.1 Å². The van der Waals surface area contributed by atoms with Crippen LogP contribution in [-0.2, 0) is 0 Å². The predicted molar refractivity (Wildman–Crippen MR) is 57.9 cm³/mol. The quantitative estimate of drug-likeness (QED) is 0.512. The molecule has 2 heteroatoms. The summed E-state index contributed by atoms with van der Waals surface area (Å²) in [6.45, 7) is 14.1. The number of nitrogens with zero attached hydrogens (tertiary/aromatic N) is 1. The molecule has 1 heterocycles. The zero-order valence-corrected chi connectivity index (χ0v) is 8.97. The lowest BCUT2D eigenvalue weighted by Crippen LogP contribution is -2.31. The van der Waals surface area contributed by atoms with E-state index in [1.807, 2.05) is 6.08 Å². The van der Waals surface area contributed by atoms with Gasteiger partial charge in [-0.1, -0.05) is 19.9 Å². The fourth-order valence-electron chi connectivity index (χ4n) is 1.86. The van der Waals surface area contributed by atoms with Crippen LogP contribution in [-0.4, -0.2) is 37.6 Å². The Morgan fingerprint density at radius 2 is 2.31 bits per heavy atom. The maximum Gasteiger partial charge on any atom is 0.0132 e. The van der Waals surface area contributed by atoms with Crippen LogP contribution in [0.15, 0.2) is 12.7 Å². The summed E-state index contributed by atoms with van der Waals surface area (Å²) in [4.78, 5) is 2.54. The summed E-state index contributed by atoms with van der Waals surface area (Å²) in [6, 6.07) is 0. The van der Waals surface area contributed by atoms with Crippen LogP contribution in [0.4, 0.5) is 0 Å². The van der Waals surface area contributed by atoms with Crippen molar-refractivity contribution in [3.8, 4) is 0 Å². The van der Waals surface area contributed by atoms with Crippen LogP contribution in [0.5, 0.6) is 0 Å². The molecule has 0 bridgehead atoms. The second-order valence-corrected chi connectivity index (χ2v) is 4.68. The van der Waals surface area contributed by atoms with Gasteiger partial charge in [0.05, 0.1) is 0 Å². The van der Waals surface area contributed by atoms with Crippen LogP contribution in [0.25, 0.3) is 0 Å². The SMILES string of the molecule is C=CCNCCN1CCC(C)(C)C1. The fraction of sp³-hybridized carbons (Fsp3) is 0.818. The van der Waals surface area contributed by atoms with E-state index in [1.165, 1.54) is 26.1 Å². The Bertz CT molecular complexity index is 163. The molecule has 0 radical (unpaired) electrons. The Hall–Kier alpha value is -0.340. The lowest BCUT2D eigenvalue weighted by atomic mass is 9.93. The molecule has 0 unspecified atom stereocenters. The van der Waals surface area contributed by atoms with Crippen LogP contribution in [0.3, 0.4) is 0 Å². The standard InChI is InChI=1S/C11H22N2/c1-4-6-12-7-9-13-8-5-11(2,3)10-13/h4,12H,1,5-10H2,2-3H3. The smallest absolute Gasteiger partial charge is 0.0132 e. The van der Waals surface area contributed by atoms with Gasteiger partial charge in [0, 0.05) is 26.2 Å². The molecule has 1 fully saturated rings. The summed E-state index contributed by atoms with van der Waals surface area (Å²) in [6.07, 6.45) is 3.25. The van der Waals surface area contributed by atoms with Crippen molar-refractivity contribution in [2.45, 2.75) is 20.3 Å². The van der Waals surface area contributed by atoms with Gasteiger partial charge in [-0.05, 0) is 18.4 Å². The molecule has 0 amide bonds. The Morgan fingerprint density at radius 1 is 1.54 bits per heavy atom. The molecule has 2 nitrogen and oxygen atoms in total. The first-order valence-corrected chi connectivity index (χ1v) is 5.18. The lowest BCUT2D eigenvalue weighted by molar-refractivity contribution is 0.291. The summed E-state index contributed by atoms with van der Waals surface area (Å²) >= 11 is 0. The highest BCUT2D eigenvalue weighted by Gasteiger charge is 2.28. The number of rotatable bonds is 5. The van der Waals surface area contributed by atoms with E-state index < -0.39 is 0 Å². The van der Waals surface area contributed by atoms with Gasteiger partial charge in [-0.3, -0.25) is 0 Å². The van der Waals surface area contributed by atoms with Crippen molar-refractivity contribution in [2.24, 2.45) is 5.41 Å². The van der Waals surface area contributed by atoms with Crippen molar-refractivity contribution in [3.05, 3.63) is 12.7 Å². The maximum absolute atomic E-state index is 3.68. The maximum atomic E-state index is 3.68. The highest BCUT2D eigenvalue weighted by atomic mass is 15.2. The number of hydrogen-bond donors (Lipinski definition) is 1. The summed E-state index contributed by atoms with van der Waals surface area (Å²) in [5, 5.41) is 3.33. The Kier molecular flexibility index (Phi) is 3.94. The van der Waals surface area contributed by atoms with Crippen molar-refractivity contribution >= 4 is 0 Å². The zero-order chi connectivity index (χ0) is 9.73. The molecule has 13 heavy (non-hydrogen) atoms. The third kappa shape index (κ3) is 3.92. The molecule has 76 valence electrons. The Labute approximate surface area is 82.0 Å². The molecule has 1 aliphatic rings. The van der Waals surface area contributed by atoms with Crippen molar-refractivity contribution in [1.29, 1.82) is 0 Å². The third-order valence-corrected chi connectivity index (χ3v) is 2.65. The van der Waals surface area contributed by atoms with Gasteiger partial charge >= 0.3 is 0 Å². The number of nitrogens with one attached hydrogen (secondary N) is 1. The summed E-state index contributed by atoms with van der Waals surface area (Å²) in [7, 11) is 0. The monoisotopic (exact) mass is 182 g/mol. The van der Waals surface area contributed by atoms with Gasteiger partial charge < -0.3 is 10.2 Å². The van der Waals surface area contributed by atoms with E-state index in [4.69, 9.17) is 0 Å². The van der Waals surface area contributed by atoms with Gasteiger partial charge in [-0.25, -0.2) is 0 Å². The van der Waals surface area contributed by atoms with Crippen LogP contribution in [0.1, 0.15) is 20.3 Å². The Morgan fingerprint density at radius 3 is 2.85 bits per heavy atom. The zero-order valence-electron chi connectivity index (χ0n) is 8.97. The molecule has 0 spiro atoms. The molecule has 0 aromatic carbocycles. The van der Waals surface area contributed by atoms with Crippen LogP contribution in [0, 0.1) is 5.41 Å². The molecule has 0 atom stereocenters. The van der Waals surface area contributed by atoms with Crippen molar-refractivity contribution < 1.29 is 0 Å². The third-order valence-electron chi connectivity index (χ3n) is 2.65. The van der Waals surface area contributed by atoms with E-state index in [1.54, 1.807) is 0 Å². The molecule has 0 saturated carbocycles. The largest absolute Gasteiger partial charge is 0.312 e. The molecule has 0 aliphatic carbocycles. The van der Waals surface area contributed by atoms with E-state index >= 15 is 0 Å². The minimum absolute atomic E-state index is 0.540. The van der Waals surface area contributed by atoms with Gasteiger partial charge in [-0.2, -0.15) is 0 Å². The van der Waals surface area contributed by atoms with Gasteiger partial charge in [-0.15, -0.1) is 6.58 Å². The van der Waals surface area contributed by atoms with Crippen LogP contribution >= 0.6 is 0 Å². The molecule has 1 N–H and O–H groups in total. The van der Waals surface area contributed by atoms with E-state index in [-0.39, 0.29) is 0 Å². The minimum Gasteiger partial charge on any atom is -0.312 e. The van der Waals surface area contributed by atoms with E-state index in [9.17, 15) is 0 Å². The predicted octanol–water partition coefficient (Wildman–Crippen LogP) is 1.49. The Balaban J connectivity index is 2.07. The number of hydrogen-bond acceptors (Lipinski definition) is 2. The molecule has 1 saturated heterocycles. The second-order valence-electron chi connectivity index (χ2n) is 4.68. The molecule has 1 aliphatic heterocycles. The lowest BCUT2D eigenvalue weighted by Gasteiger charge is -2.19. The van der Waals surface area contributed by atoms with Gasteiger partial charge in [0.2, 0.25) is 0 Å². The van der Waals surface area contributed by atoms with E-state index in [0.29, 0.717) is 5.41 Å². The molecular weight excluding hydrogens is 160 g/mol. The number of likely N-dealkylation sites (tertiary alicyclic amines) is 1. The van der Waals surface area contributed by atoms with Gasteiger partial charge in [0.15, 0.2) is 0 Å². The fourth-order valence-corrected chi connectivity index (χ4v) is 1.86. The molecule has 1 rings (SSSR count). The first-order chi connectivity index (χ1) is 6.14. The molecule has 0 aromatic rings. The van der Waals surface area contributed by atoms with E-state index in [2.05, 4.69) is 30.6 Å². The highest BCUT2D eigenvalue weighted by molar-refractivity contribution is 4.82. The second kappa shape index (κ2) is 4.77. The van der Waals surface area contributed by atoms with Gasteiger partial charge in [0.25, 0.3) is 0 Å².